The first-order valence-corrected chi connectivity index (χ1v) is 7.91. The van der Waals surface area contributed by atoms with Crippen molar-refractivity contribution in [2.24, 2.45) is 0 Å². The Bertz CT molecular complexity index is 915. The van der Waals surface area contributed by atoms with Crippen molar-refractivity contribution in [1.82, 2.24) is 4.48 Å². The number of fused-ring (bicyclic) bond motifs is 2. The second kappa shape index (κ2) is 4.93. The van der Waals surface area contributed by atoms with Crippen molar-refractivity contribution in [2.75, 3.05) is 7.11 Å². The van der Waals surface area contributed by atoms with Crippen LogP contribution in [-0.2, 0) is 0 Å². The molecule has 2 aliphatic heterocycles. The van der Waals surface area contributed by atoms with E-state index < -0.39 is 6.97 Å². The molecule has 0 aliphatic carbocycles. The van der Waals surface area contributed by atoms with Crippen molar-refractivity contribution in [3.05, 3.63) is 70.1 Å². The third-order valence-corrected chi connectivity index (χ3v) is 4.83. The Morgan fingerprint density at radius 3 is 2.87 bits per heavy atom. The predicted octanol–water partition coefficient (Wildman–Crippen LogP) is 3.91. The minimum absolute atomic E-state index is 0.505. The molecular formula is C16H12BBrF2N2O. The quantitative estimate of drug-likeness (QED) is 0.726. The van der Waals surface area contributed by atoms with Gasteiger partial charge in [-0.25, -0.2) is 0 Å². The summed E-state index contributed by atoms with van der Waals surface area (Å²) < 4.78 is 37.7. The van der Waals surface area contributed by atoms with Gasteiger partial charge in [-0.05, 0) is 52.0 Å². The van der Waals surface area contributed by atoms with E-state index in [0.29, 0.717) is 17.1 Å². The lowest BCUT2D eigenvalue weighted by molar-refractivity contribution is -0.356. The number of benzene rings is 1. The molecule has 0 amide bonds. The number of methoxy groups -OCH3 is 1. The molecule has 4 rings (SSSR count). The van der Waals surface area contributed by atoms with E-state index in [9.17, 15) is 8.63 Å². The normalized spacial score (nSPS) is 17.8. The molecule has 2 aliphatic rings. The van der Waals surface area contributed by atoms with Crippen molar-refractivity contribution in [1.29, 1.82) is 0 Å². The molecule has 1 aromatic carbocycles. The Balaban J connectivity index is 2.01. The number of hydrogen-bond donors (Lipinski definition) is 0. The number of rotatable bonds is 2. The van der Waals surface area contributed by atoms with Crippen LogP contribution in [0.5, 0.6) is 5.75 Å². The third-order valence-electron chi connectivity index (χ3n) is 4.18. The van der Waals surface area contributed by atoms with Crippen LogP contribution < -0.4 is 4.74 Å². The number of nitrogens with zero attached hydrogens (tertiary/aromatic N) is 2. The molecule has 3 heterocycles. The molecule has 0 unspecified atom stereocenters. The van der Waals surface area contributed by atoms with Crippen molar-refractivity contribution in [3.63, 3.8) is 0 Å². The van der Waals surface area contributed by atoms with E-state index >= 15 is 0 Å². The van der Waals surface area contributed by atoms with Gasteiger partial charge in [0.15, 0.2) is 5.70 Å². The molecule has 0 fully saturated rings. The molecule has 116 valence electrons. The fraction of sp³-hybridized carbons (Fsp3) is 0.0625. The maximum absolute atomic E-state index is 14.7. The summed E-state index contributed by atoms with van der Waals surface area (Å²) in [4.78, 5) is 0. The van der Waals surface area contributed by atoms with E-state index in [1.165, 1.54) is 12.4 Å². The van der Waals surface area contributed by atoms with Crippen molar-refractivity contribution >= 4 is 34.7 Å². The van der Waals surface area contributed by atoms with Crippen LogP contribution in [0.4, 0.5) is 8.63 Å². The Morgan fingerprint density at radius 1 is 1.26 bits per heavy atom. The summed E-state index contributed by atoms with van der Waals surface area (Å²) in [5.74, 6) is 0.661. The predicted molar refractivity (Wildman–Crippen MR) is 90.0 cm³/mol. The average Bonchev–Trinajstić information content (AvgIpc) is 3.19. The summed E-state index contributed by atoms with van der Waals surface area (Å²) in [6.45, 7) is -3.86. The summed E-state index contributed by atoms with van der Waals surface area (Å²) in [7, 11) is 1.58. The smallest absolute Gasteiger partial charge is 0.496 e. The van der Waals surface area contributed by atoms with Gasteiger partial charge in [0.1, 0.15) is 12.0 Å². The second-order valence-corrected chi connectivity index (χ2v) is 6.27. The lowest BCUT2D eigenvalue weighted by Crippen LogP contribution is -2.49. The summed E-state index contributed by atoms with van der Waals surface area (Å²) in [6, 6.07) is 8.97. The van der Waals surface area contributed by atoms with Crippen LogP contribution in [0.1, 0.15) is 11.3 Å². The summed E-state index contributed by atoms with van der Waals surface area (Å²) in [5, 5.41) is 0. The topological polar surface area (TPSA) is 17.2 Å². The number of hydrogen-bond acceptors (Lipinski definition) is 1. The average molecular weight is 377 g/mol. The minimum Gasteiger partial charge on any atom is -0.496 e. The Morgan fingerprint density at radius 2 is 2.09 bits per heavy atom. The maximum Gasteiger partial charge on any atom is 0.737 e. The Labute approximate surface area is 140 Å². The lowest BCUT2D eigenvalue weighted by atomic mass is 9.86. The van der Waals surface area contributed by atoms with Crippen molar-refractivity contribution < 1.29 is 17.9 Å². The number of halogens is 3. The molecule has 0 saturated heterocycles. The highest BCUT2D eigenvalue weighted by atomic mass is 79.9. The zero-order chi connectivity index (χ0) is 16.2. The zero-order valence-corrected chi connectivity index (χ0v) is 13.8. The van der Waals surface area contributed by atoms with Gasteiger partial charge >= 0.3 is 6.97 Å². The third kappa shape index (κ3) is 1.96. The van der Waals surface area contributed by atoms with Crippen LogP contribution in [0.25, 0.3) is 5.57 Å². The fourth-order valence-corrected chi connectivity index (χ4v) is 3.54. The minimum atomic E-state index is -3.86. The molecule has 7 heteroatoms. The van der Waals surface area contributed by atoms with Gasteiger partial charge in [0.05, 0.1) is 17.2 Å². The highest BCUT2D eigenvalue weighted by Gasteiger charge is 2.51. The van der Waals surface area contributed by atoms with E-state index in [1.54, 1.807) is 31.4 Å². The van der Waals surface area contributed by atoms with Gasteiger partial charge in [-0.1, -0.05) is 6.07 Å². The standard InChI is InChI=1S/C16H12BBrF2N2O/c1-23-15-10-11(6-7-12(15)18)16-13-4-2-8-21(13)17(19,20)22-9-3-5-14(16)22/h2-10H,1H3. The second-order valence-electron chi connectivity index (χ2n) is 5.41. The summed E-state index contributed by atoms with van der Waals surface area (Å²) in [5.41, 5.74) is 2.60. The highest BCUT2D eigenvalue weighted by Crippen LogP contribution is 2.40. The first-order chi connectivity index (χ1) is 11.0. The van der Waals surface area contributed by atoms with E-state index in [2.05, 4.69) is 15.9 Å². The van der Waals surface area contributed by atoms with E-state index in [1.807, 2.05) is 18.2 Å². The first kappa shape index (κ1) is 14.4. The van der Waals surface area contributed by atoms with Gasteiger partial charge in [0.25, 0.3) is 0 Å². The SMILES string of the molecule is COc1cc(C2=C3C=CC=[N+]3[B-](F)(F)n3cccc32)ccc1Br. The Hall–Kier alpha value is -2.15. The monoisotopic (exact) mass is 376 g/mol. The summed E-state index contributed by atoms with van der Waals surface area (Å²) >= 11 is 3.42. The van der Waals surface area contributed by atoms with Crippen molar-refractivity contribution in [2.45, 2.75) is 0 Å². The maximum atomic E-state index is 14.7. The molecule has 0 radical (unpaired) electrons. The van der Waals surface area contributed by atoms with Crippen LogP contribution in [0, 0.1) is 0 Å². The molecule has 2 aromatic rings. The molecule has 1 aromatic heterocycles. The van der Waals surface area contributed by atoms with Crippen LogP contribution in [0.2, 0.25) is 0 Å². The molecule has 0 spiro atoms. The fourth-order valence-electron chi connectivity index (χ4n) is 3.13. The molecular weight excluding hydrogens is 365 g/mol. The molecule has 0 atom stereocenters. The van der Waals surface area contributed by atoms with Gasteiger partial charge in [0, 0.05) is 17.8 Å². The largest absolute Gasteiger partial charge is 0.737 e. The summed E-state index contributed by atoms with van der Waals surface area (Å²) in [6.07, 6.45) is 6.21. The van der Waals surface area contributed by atoms with Gasteiger partial charge in [-0.3, -0.25) is 0 Å². The zero-order valence-electron chi connectivity index (χ0n) is 12.2. The van der Waals surface area contributed by atoms with Crippen LogP contribution in [0.3, 0.4) is 0 Å². The van der Waals surface area contributed by atoms with Gasteiger partial charge in [-0.2, -0.15) is 0 Å². The van der Waals surface area contributed by atoms with E-state index in [4.69, 9.17) is 4.74 Å². The number of allylic oxidation sites excluding steroid dienone is 2. The van der Waals surface area contributed by atoms with E-state index in [0.717, 1.165) is 24.6 Å². The highest BCUT2D eigenvalue weighted by molar-refractivity contribution is 9.10. The van der Waals surface area contributed by atoms with E-state index in [-0.39, 0.29) is 0 Å². The number of ether oxygens (including phenoxy) is 1. The van der Waals surface area contributed by atoms with Gasteiger partial charge in [0.2, 0.25) is 0 Å². The lowest BCUT2D eigenvalue weighted by Gasteiger charge is -2.31. The molecule has 0 N–H and O–H groups in total. The van der Waals surface area contributed by atoms with Crippen molar-refractivity contribution in [3.8, 4) is 5.75 Å². The van der Waals surface area contributed by atoms with Gasteiger partial charge in [-0.15, -0.1) is 0 Å². The first-order valence-electron chi connectivity index (χ1n) is 7.12. The molecule has 23 heavy (non-hydrogen) atoms. The molecule has 3 nitrogen and oxygen atoms in total. The number of aromatic nitrogens is 1. The molecule has 0 bridgehead atoms. The van der Waals surface area contributed by atoms with Crippen LogP contribution in [0.15, 0.2) is 58.9 Å². The van der Waals surface area contributed by atoms with Crippen LogP contribution in [-0.4, -0.2) is 29.3 Å². The van der Waals surface area contributed by atoms with Gasteiger partial charge < -0.3 is 22.3 Å². The van der Waals surface area contributed by atoms with Crippen LogP contribution >= 0.6 is 15.9 Å². The molecule has 0 saturated carbocycles. The Kier molecular flexibility index (Phi) is 3.09.